The Bertz CT molecular complexity index is 61.4. The van der Waals surface area contributed by atoms with Crippen molar-refractivity contribution in [1.82, 2.24) is 4.90 Å². The molecule has 80 valence electrons. The molecule has 12 heavy (non-hydrogen) atoms. The van der Waals surface area contributed by atoms with E-state index in [9.17, 15) is 0 Å². The number of nitrogens with zero attached hydrogens (tertiary/aromatic N) is 1. The zero-order valence-electron chi connectivity index (χ0n) is 7.75. The molecule has 0 aromatic heterocycles. The van der Waals surface area contributed by atoms with E-state index in [1.807, 2.05) is 0 Å². The summed E-state index contributed by atoms with van der Waals surface area (Å²) in [6.07, 6.45) is 1.17. The molecule has 0 atom stereocenters. The van der Waals surface area contributed by atoms with Crippen molar-refractivity contribution in [2.75, 3.05) is 26.2 Å². The number of hydrogen-bond donors (Lipinski definition) is 1. The second-order valence-corrected chi connectivity index (χ2v) is 2.16. The standard InChI is InChI=1S/C7H17NO.2ClH.H2O/c1-3-5-8(4-2)6-7-9;;;/h9H,3-7H2,1-2H3;2*1H;1H2. The summed E-state index contributed by atoms with van der Waals surface area (Å²) >= 11 is 0. The van der Waals surface area contributed by atoms with Crippen LogP contribution in [-0.4, -0.2) is 41.7 Å². The number of halogens is 2. The van der Waals surface area contributed by atoms with E-state index in [0.29, 0.717) is 0 Å². The van der Waals surface area contributed by atoms with Crippen molar-refractivity contribution in [1.29, 1.82) is 0 Å². The lowest BCUT2D eigenvalue weighted by molar-refractivity contribution is 0.202. The van der Waals surface area contributed by atoms with E-state index in [1.54, 1.807) is 0 Å². The molecule has 0 unspecified atom stereocenters. The molecule has 0 saturated carbocycles. The van der Waals surface area contributed by atoms with Crippen LogP contribution >= 0.6 is 24.8 Å². The Balaban J connectivity index is -0.000000107. The summed E-state index contributed by atoms with van der Waals surface area (Å²) < 4.78 is 0. The summed E-state index contributed by atoms with van der Waals surface area (Å²) in [7, 11) is 0. The molecule has 3 nitrogen and oxygen atoms in total. The molecule has 0 aliphatic rings. The SMILES string of the molecule is CCCN(CC)CCO.Cl.Cl.O. The number of likely N-dealkylation sites (N-methyl/N-ethyl adjacent to an activating group) is 1. The van der Waals surface area contributed by atoms with Crippen LogP contribution in [0.4, 0.5) is 0 Å². The van der Waals surface area contributed by atoms with Crippen molar-refractivity contribution >= 4 is 24.8 Å². The van der Waals surface area contributed by atoms with Crippen LogP contribution in [0.15, 0.2) is 0 Å². The molecule has 0 heterocycles. The Morgan fingerprint density at radius 3 is 1.83 bits per heavy atom. The van der Waals surface area contributed by atoms with Crippen molar-refractivity contribution in [3.05, 3.63) is 0 Å². The summed E-state index contributed by atoms with van der Waals surface area (Å²) in [4.78, 5) is 2.24. The third-order valence-corrected chi connectivity index (χ3v) is 1.40. The normalized spacial score (nSPS) is 8.00. The van der Waals surface area contributed by atoms with Crippen LogP contribution in [0.2, 0.25) is 0 Å². The molecule has 0 saturated heterocycles. The Morgan fingerprint density at radius 2 is 1.58 bits per heavy atom. The maximum absolute atomic E-state index is 8.55. The largest absolute Gasteiger partial charge is 0.412 e. The summed E-state index contributed by atoms with van der Waals surface area (Å²) in [6, 6.07) is 0. The van der Waals surface area contributed by atoms with Gasteiger partial charge in [0.25, 0.3) is 0 Å². The first kappa shape index (κ1) is 22.9. The second-order valence-electron chi connectivity index (χ2n) is 2.16. The number of rotatable bonds is 5. The number of aliphatic hydroxyl groups excluding tert-OH is 1. The molecule has 0 aliphatic carbocycles. The van der Waals surface area contributed by atoms with E-state index in [2.05, 4.69) is 18.7 Å². The molecule has 3 N–H and O–H groups in total. The maximum atomic E-state index is 8.55. The Hall–Kier alpha value is 0.460. The molecule has 0 spiro atoms. The van der Waals surface area contributed by atoms with Gasteiger partial charge in [-0.15, -0.1) is 24.8 Å². The molecule has 0 amide bonds. The van der Waals surface area contributed by atoms with Gasteiger partial charge in [0.1, 0.15) is 0 Å². The van der Waals surface area contributed by atoms with Gasteiger partial charge >= 0.3 is 0 Å². The first-order chi connectivity index (χ1) is 4.35. The molecule has 0 rings (SSSR count). The molecular formula is C7H21Cl2NO2. The smallest absolute Gasteiger partial charge is 0.0558 e. The molecule has 0 radical (unpaired) electrons. The van der Waals surface area contributed by atoms with E-state index in [1.165, 1.54) is 6.42 Å². The predicted molar refractivity (Wildman–Crippen MR) is 57.6 cm³/mol. The van der Waals surface area contributed by atoms with Crippen LogP contribution < -0.4 is 0 Å². The van der Waals surface area contributed by atoms with Gasteiger partial charge in [-0.3, -0.25) is 0 Å². The van der Waals surface area contributed by atoms with Gasteiger partial charge in [-0.2, -0.15) is 0 Å². The third-order valence-electron chi connectivity index (χ3n) is 1.40. The van der Waals surface area contributed by atoms with Crippen molar-refractivity contribution in [2.24, 2.45) is 0 Å². The van der Waals surface area contributed by atoms with Crippen molar-refractivity contribution in [3.63, 3.8) is 0 Å². The van der Waals surface area contributed by atoms with Crippen LogP contribution in [0.1, 0.15) is 20.3 Å². The van der Waals surface area contributed by atoms with Crippen LogP contribution in [0.3, 0.4) is 0 Å². The Labute approximate surface area is 87.3 Å². The van der Waals surface area contributed by atoms with Gasteiger partial charge in [0.2, 0.25) is 0 Å². The highest BCUT2D eigenvalue weighted by molar-refractivity contribution is 5.85. The molecule has 0 bridgehead atoms. The van der Waals surface area contributed by atoms with E-state index in [-0.39, 0.29) is 36.9 Å². The molecule has 0 aromatic carbocycles. The fourth-order valence-corrected chi connectivity index (χ4v) is 0.886. The summed E-state index contributed by atoms with van der Waals surface area (Å²) in [5.74, 6) is 0. The van der Waals surface area contributed by atoms with Gasteiger partial charge in [0, 0.05) is 6.54 Å². The van der Waals surface area contributed by atoms with Crippen LogP contribution in [0, 0.1) is 0 Å². The lowest BCUT2D eigenvalue weighted by atomic mass is 10.4. The molecule has 0 aromatic rings. The van der Waals surface area contributed by atoms with Crippen LogP contribution in [0.5, 0.6) is 0 Å². The lowest BCUT2D eigenvalue weighted by Gasteiger charge is -2.17. The van der Waals surface area contributed by atoms with Gasteiger partial charge < -0.3 is 15.5 Å². The maximum Gasteiger partial charge on any atom is 0.0558 e. The Kier molecular flexibility index (Phi) is 33.4. The quantitative estimate of drug-likeness (QED) is 0.745. The number of aliphatic hydroxyl groups is 1. The van der Waals surface area contributed by atoms with E-state index >= 15 is 0 Å². The highest BCUT2D eigenvalue weighted by atomic mass is 35.5. The average Bonchev–Trinajstić information content (AvgIpc) is 1.88. The minimum atomic E-state index is 0. The van der Waals surface area contributed by atoms with Gasteiger partial charge in [0.15, 0.2) is 0 Å². The minimum absolute atomic E-state index is 0. The zero-order chi connectivity index (χ0) is 7.11. The first-order valence-corrected chi connectivity index (χ1v) is 3.68. The van der Waals surface area contributed by atoms with E-state index < -0.39 is 0 Å². The van der Waals surface area contributed by atoms with Gasteiger partial charge in [-0.25, -0.2) is 0 Å². The second kappa shape index (κ2) is 17.5. The summed E-state index contributed by atoms with van der Waals surface area (Å²) in [5, 5.41) is 8.55. The lowest BCUT2D eigenvalue weighted by Crippen LogP contribution is -2.27. The topological polar surface area (TPSA) is 55.0 Å². The average molecular weight is 222 g/mol. The minimum Gasteiger partial charge on any atom is -0.412 e. The van der Waals surface area contributed by atoms with Crippen molar-refractivity contribution in [2.45, 2.75) is 20.3 Å². The highest BCUT2D eigenvalue weighted by Crippen LogP contribution is 1.88. The summed E-state index contributed by atoms with van der Waals surface area (Å²) in [5.41, 5.74) is 0. The Morgan fingerprint density at radius 1 is 1.08 bits per heavy atom. The van der Waals surface area contributed by atoms with Gasteiger partial charge in [-0.05, 0) is 19.5 Å². The number of hydrogen-bond acceptors (Lipinski definition) is 2. The van der Waals surface area contributed by atoms with Gasteiger partial charge in [-0.1, -0.05) is 13.8 Å². The van der Waals surface area contributed by atoms with E-state index in [0.717, 1.165) is 19.6 Å². The third kappa shape index (κ3) is 13.1. The fraction of sp³-hybridized carbons (Fsp3) is 1.00. The molecule has 0 aliphatic heterocycles. The zero-order valence-corrected chi connectivity index (χ0v) is 9.38. The van der Waals surface area contributed by atoms with Crippen LogP contribution in [0.25, 0.3) is 0 Å². The fourth-order valence-electron chi connectivity index (χ4n) is 0.886. The summed E-state index contributed by atoms with van der Waals surface area (Å²) in [6.45, 7) is 7.54. The van der Waals surface area contributed by atoms with Crippen LogP contribution in [-0.2, 0) is 0 Å². The monoisotopic (exact) mass is 221 g/mol. The van der Waals surface area contributed by atoms with Gasteiger partial charge in [0.05, 0.1) is 6.61 Å². The van der Waals surface area contributed by atoms with E-state index in [4.69, 9.17) is 5.11 Å². The molecular weight excluding hydrogens is 201 g/mol. The molecule has 0 fully saturated rings. The highest BCUT2D eigenvalue weighted by Gasteiger charge is 1.96. The first-order valence-electron chi connectivity index (χ1n) is 3.68. The predicted octanol–water partition coefficient (Wildman–Crippen LogP) is 0.729. The van der Waals surface area contributed by atoms with Crippen molar-refractivity contribution < 1.29 is 10.6 Å². The van der Waals surface area contributed by atoms with Crippen molar-refractivity contribution in [3.8, 4) is 0 Å². The molecule has 5 heteroatoms.